The minimum atomic E-state index is -0.779. The van der Waals surface area contributed by atoms with E-state index in [-0.39, 0.29) is 11.8 Å². The first-order valence-corrected chi connectivity index (χ1v) is 9.19. The highest BCUT2D eigenvalue weighted by atomic mass is 16.2. The summed E-state index contributed by atoms with van der Waals surface area (Å²) in [4.78, 5) is 36.9. The van der Waals surface area contributed by atoms with E-state index in [0.717, 1.165) is 16.6 Å². The maximum atomic E-state index is 13.0. The van der Waals surface area contributed by atoms with Crippen LogP contribution in [0.15, 0.2) is 79.1 Å². The van der Waals surface area contributed by atoms with Crippen LogP contribution >= 0.6 is 0 Å². The number of carbonyl (C=O) groups excluding carboxylic acids is 2. The third-order valence-corrected chi connectivity index (χ3v) is 4.46. The molecule has 0 radical (unpaired) electrons. The van der Waals surface area contributed by atoms with Crippen molar-refractivity contribution in [2.75, 3.05) is 5.32 Å². The third-order valence-electron chi connectivity index (χ3n) is 4.46. The van der Waals surface area contributed by atoms with Gasteiger partial charge in [-0.3, -0.25) is 19.9 Å². The Labute approximate surface area is 167 Å². The summed E-state index contributed by atoms with van der Waals surface area (Å²) in [5.41, 5.74) is 2.90. The van der Waals surface area contributed by atoms with Crippen molar-refractivity contribution >= 4 is 28.8 Å². The fraction of sp³-hybridized carbons (Fsp3) is 0.0909. The lowest BCUT2D eigenvalue weighted by Gasteiger charge is -2.18. The molecule has 0 saturated carbocycles. The van der Waals surface area contributed by atoms with E-state index >= 15 is 0 Å². The number of H-pyrrole nitrogens is 1. The molecule has 0 aliphatic rings. The number of aromatic nitrogens is 3. The van der Waals surface area contributed by atoms with Gasteiger partial charge in [0.05, 0.1) is 16.6 Å². The second-order valence-electron chi connectivity index (χ2n) is 6.55. The summed E-state index contributed by atoms with van der Waals surface area (Å²) in [6.07, 6.45) is 3.40. The van der Waals surface area contributed by atoms with E-state index in [4.69, 9.17) is 0 Å². The highest BCUT2D eigenvalue weighted by molar-refractivity contribution is 6.01. The Hall–Kier alpha value is -4.00. The van der Waals surface area contributed by atoms with Crippen molar-refractivity contribution in [2.45, 2.75) is 12.5 Å². The minimum Gasteiger partial charge on any atom is -0.340 e. The average molecular weight is 385 g/mol. The molecule has 29 heavy (non-hydrogen) atoms. The Kier molecular flexibility index (Phi) is 5.29. The molecular weight excluding hydrogens is 366 g/mol. The minimum absolute atomic E-state index is 0.338. The summed E-state index contributed by atoms with van der Waals surface area (Å²) in [5, 5.41) is 5.58. The van der Waals surface area contributed by atoms with Crippen molar-refractivity contribution in [3.8, 4) is 0 Å². The topological polar surface area (TPSA) is 99.8 Å². The fourth-order valence-corrected chi connectivity index (χ4v) is 3.01. The molecule has 0 aliphatic carbocycles. The largest absolute Gasteiger partial charge is 0.340 e. The maximum absolute atomic E-state index is 13.0. The lowest BCUT2D eigenvalue weighted by molar-refractivity contribution is -0.118. The molecule has 2 amide bonds. The highest BCUT2D eigenvalue weighted by Gasteiger charge is 2.23. The second kappa shape index (κ2) is 8.35. The molecule has 7 nitrogen and oxygen atoms in total. The van der Waals surface area contributed by atoms with Crippen molar-refractivity contribution in [1.82, 2.24) is 20.3 Å². The first-order chi connectivity index (χ1) is 14.2. The van der Waals surface area contributed by atoms with Crippen molar-refractivity contribution in [2.24, 2.45) is 0 Å². The average Bonchev–Trinajstić information content (AvgIpc) is 3.17. The van der Waals surface area contributed by atoms with Crippen LogP contribution in [-0.4, -0.2) is 32.8 Å². The number of hydrogen-bond donors (Lipinski definition) is 3. The zero-order valence-corrected chi connectivity index (χ0v) is 15.5. The van der Waals surface area contributed by atoms with Crippen LogP contribution in [0.2, 0.25) is 0 Å². The number of anilines is 1. The van der Waals surface area contributed by atoms with E-state index < -0.39 is 6.04 Å². The van der Waals surface area contributed by atoms with Gasteiger partial charge in [0.1, 0.15) is 6.04 Å². The number of hydrogen-bond acceptors (Lipinski definition) is 4. The van der Waals surface area contributed by atoms with Crippen LogP contribution in [0.4, 0.5) is 5.95 Å². The van der Waals surface area contributed by atoms with Crippen LogP contribution in [0.1, 0.15) is 15.9 Å². The molecule has 1 atom stereocenters. The molecule has 4 aromatic rings. The Morgan fingerprint density at radius 1 is 0.966 bits per heavy atom. The van der Waals surface area contributed by atoms with Gasteiger partial charge in [-0.2, -0.15) is 0 Å². The van der Waals surface area contributed by atoms with Crippen molar-refractivity contribution in [3.63, 3.8) is 0 Å². The first-order valence-electron chi connectivity index (χ1n) is 9.19. The summed E-state index contributed by atoms with van der Waals surface area (Å²) in [6.45, 7) is 0. The number of nitrogens with zero attached hydrogens (tertiary/aromatic N) is 2. The Balaban J connectivity index is 1.54. The number of amides is 2. The monoisotopic (exact) mass is 385 g/mol. The van der Waals surface area contributed by atoms with Gasteiger partial charge in [-0.25, -0.2) is 4.98 Å². The van der Waals surface area contributed by atoms with E-state index in [0.29, 0.717) is 17.9 Å². The van der Waals surface area contributed by atoms with Crippen LogP contribution in [0.3, 0.4) is 0 Å². The van der Waals surface area contributed by atoms with E-state index in [2.05, 4.69) is 25.6 Å². The molecule has 2 heterocycles. The number of carbonyl (C=O) groups is 2. The van der Waals surface area contributed by atoms with Gasteiger partial charge in [-0.1, -0.05) is 42.5 Å². The smallest absolute Gasteiger partial charge is 0.253 e. The van der Waals surface area contributed by atoms with Gasteiger partial charge in [-0.15, -0.1) is 0 Å². The molecule has 7 heteroatoms. The fourth-order valence-electron chi connectivity index (χ4n) is 3.01. The predicted octanol–water partition coefficient (Wildman–Crippen LogP) is 2.94. The van der Waals surface area contributed by atoms with E-state index in [1.54, 1.807) is 18.3 Å². The molecule has 0 saturated heterocycles. The summed E-state index contributed by atoms with van der Waals surface area (Å²) < 4.78 is 0. The number of para-hydroxylation sites is 2. The molecule has 144 valence electrons. The van der Waals surface area contributed by atoms with Gasteiger partial charge < -0.3 is 10.3 Å². The van der Waals surface area contributed by atoms with Crippen LogP contribution in [0.25, 0.3) is 11.0 Å². The van der Waals surface area contributed by atoms with E-state index in [9.17, 15) is 9.59 Å². The van der Waals surface area contributed by atoms with Gasteiger partial charge >= 0.3 is 0 Å². The molecule has 3 N–H and O–H groups in total. The van der Waals surface area contributed by atoms with Gasteiger partial charge in [0.25, 0.3) is 5.91 Å². The summed E-state index contributed by atoms with van der Waals surface area (Å²) in [6, 6.07) is 19.6. The summed E-state index contributed by atoms with van der Waals surface area (Å²) in [5.74, 6) is -0.381. The number of nitrogens with one attached hydrogen (secondary N) is 3. The number of imidazole rings is 1. The third kappa shape index (κ3) is 4.47. The lowest BCUT2D eigenvalue weighted by Crippen LogP contribution is -2.45. The number of pyridine rings is 1. The highest BCUT2D eigenvalue weighted by Crippen LogP contribution is 2.14. The Morgan fingerprint density at radius 3 is 2.52 bits per heavy atom. The Bertz CT molecular complexity index is 1090. The molecule has 0 fully saturated rings. The SMILES string of the molecule is O=C(N[C@H](Cc1ccccc1)C(=O)Nc1nc2ccccc2[nH]1)c1cccnc1. The van der Waals surface area contributed by atoms with Crippen molar-refractivity contribution in [3.05, 3.63) is 90.3 Å². The normalized spacial score (nSPS) is 11.7. The van der Waals surface area contributed by atoms with E-state index in [1.165, 1.54) is 6.20 Å². The summed E-state index contributed by atoms with van der Waals surface area (Å²) >= 11 is 0. The molecule has 0 aliphatic heterocycles. The van der Waals surface area contributed by atoms with Gasteiger partial charge in [-0.05, 0) is 29.8 Å². The number of rotatable bonds is 6. The van der Waals surface area contributed by atoms with Crippen molar-refractivity contribution < 1.29 is 9.59 Å². The Morgan fingerprint density at radius 2 is 1.76 bits per heavy atom. The second-order valence-corrected chi connectivity index (χ2v) is 6.55. The maximum Gasteiger partial charge on any atom is 0.253 e. The number of fused-ring (bicyclic) bond motifs is 1. The molecule has 0 bridgehead atoms. The van der Waals surface area contributed by atoms with Gasteiger partial charge in [0, 0.05) is 18.8 Å². The van der Waals surface area contributed by atoms with Crippen LogP contribution in [0.5, 0.6) is 0 Å². The number of benzene rings is 2. The van der Waals surface area contributed by atoms with E-state index in [1.807, 2.05) is 54.6 Å². The molecule has 2 aromatic carbocycles. The number of aromatic amines is 1. The standard InChI is InChI=1S/C22H19N5O2/c28-20(16-9-6-12-23-14-16)24-19(13-15-7-2-1-3-8-15)21(29)27-22-25-17-10-4-5-11-18(17)26-22/h1-12,14,19H,13H2,(H,24,28)(H2,25,26,27,29)/t19-/m1/s1. The molecule has 0 spiro atoms. The first kappa shape index (κ1) is 18.4. The zero-order chi connectivity index (χ0) is 20.1. The van der Waals surface area contributed by atoms with Crippen LogP contribution in [0, 0.1) is 0 Å². The van der Waals surface area contributed by atoms with Crippen LogP contribution in [-0.2, 0) is 11.2 Å². The molecule has 4 rings (SSSR count). The van der Waals surface area contributed by atoms with Crippen LogP contribution < -0.4 is 10.6 Å². The van der Waals surface area contributed by atoms with Gasteiger partial charge in [0.15, 0.2) is 0 Å². The summed E-state index contributed by atoms with van der Waals surface area (Å²) in [7, 11) is 0. The zero-order valence-electron chi connectivity index (χ0n) is 15.5. The molecule has 0 unspecified atom stereocenters. The van der Waals surface area contributed by atoms with Crippen molar-refractivity contribution in [1.29, 1.82) is 0 Å². The van der Waals surface area contributed by atoms with Gasteiger partial charge in [0.2, 0.25) is 11.9 Å². The lowest BCUT2D eigenvalue weighted by atomic mass is 10.0. The quantitative estimate of drug-likeness (QED) is 0.475. The molecule has 2 aromatic heterocycles. The predicted molar refractivity (Wildman–Crippen MR) is 110 cm³/mol. The molecular formula is C22H19N5O2.